The molecule has 21 heavy (non-hydrogen) atoms. The smallest absolute Gasteiger partial charge is 0.333 e. The minimum atomic E-state index is -0.366. The number of ether oxygens (including phenoxy) is 1. The molecule has 0 spiro atoms. The van der Waals surface area contributed by atoms with Gasteiger partial charge in [-0.3, -0.25) is 0 Å². The summed E-state index contributed by atoms with van der Waals surface area (Å²) < 4.78 is 4.60. The molecule has 0 saturated carbocycles. The van der Waals surface area contributed by atoms with E-state index < -0.39 is 0 Å². The summed E-state index contributed by atoms with van der Waals surface area (Å²) in [5.74, 6) is -0.366. The Morgan fingerprint density at radius 2 is 1.81 bits per heavy atom. The molecular formula is C18H21NO2. The first-order valence-corrected chi connectivity index (χ1v) is 6.15. The number of allylic oxidation sites excluding steroid dienone is 1. The van der Waals surface area contributed by atoms with E-state index in [-0.39, 0.29) is 12.6 Å². The minimum Gasteiger partial charge on any atom is -0.458 e. The summed E-state index contributed by atoms with van der Waals surface area (Å²) in [5.41, 5.74) is 1.59. The van der Waals surface area contributed by atoms with Gasteiger partial charge >= 0.3 is 5.97 Å². The van der Waals surface area contributed by atoms with E-state index >= 15 is 0 Å². The highest BCUT2D eigenvalue weighted by atomic mass is 16.5. The molecule has 0 N–H and O–H groups in total. The standard InChI is InChI=1S/C8H8.C7H10O2.C3H3N/c1-2-8-6-4-3-5-7-8;1-4-5-9-7(8)6(2)3;1-2-3-4/h2-7H,1H2;4H,1-2,5H2,3H3;2H,1H2. The molecule has 0 fully saturated rings. The van der Waals surface area contributed by atoms with Gasteiger partial charge in [0.1, 0.15) is 6.61 Å². The lowest BCUT2D eigenvalue weighted by Gasteiger charge is -1.97. The zero-order valence-electron chi connectivity index (χ0n) is 12.4. The highest BCUT2D eigenvalue weighted by molar-refractivity contribution is 5.86. The SMILES string of the molecule is C=CC#N.C=CCOC(=O)C(=C)C.C=Cc1ccccc1. The molecule has 3 heteroatoms. The van der Waals surface area contributed by atoms with E-state index in [0.29, 0.717) is 5.57 Å². The molecule has 1 aromatic carbocycles. The van der Waals surface area contributed by atoms with Crippen LogP contribution in [-0.4, -0.2) is 12.6 Å². The zero-order valence-corrected chi connectivity index (χ0v) is 12.4. The fourth-order valence-electron chi connectivity index (χ4n) is 0.847. The Morgan fingerprint density at radius 1 is 1.29 bits per heavy atom. The highest BCUT2D eigenvalue weighted by Crippen LogP contribution is 1.97. The van der Waals surface area contributed by atoms with E-state index in [1.807, 2.05) is 36.4 Å². The third-order valence-electron chi connectivity index (χ3n) is 1.81. The molecule has 0 aromatic heterocycles. The number of hydrogen-bond donors (Lipinski definition) is 0. The number of esters is 1. The van der Waals surface area contributed by atoms with Crippen molar-refractivity contribution in [3.05, 3.63) is 79.9 Å². The maximum absolute atomic E-state index is 10.5. The van der Waals surface area contributed by atoms with Gasteiger partial charge in [0.2, 0.25) is 0 Å². The fourth-order valence-corrected chi connectivity index (χ4v) is 0.847. The van der Waals surface area contributed by atoms with Gasteiger partial charge in [-0.15, -0.1) is 0 Å². The number of carbonyl (C=O) groups excluding carboxylic acids is 1. The summed E-state index contributed by atoms with van der Waals surface area (Å²) in [5, 5.41) is 7.51. The number of benzene rings is 1. The average molecular weight is 283 g/mol. The molecular weight excluding hydrogens is 262 g/mol. The van der Waals surface area contributed by atoms with Gasteiger partial charge < -0.3 is 4.74 Å². The van der Waals surface area contributed by atoms with Gasteiger partial charge in [0.15, 0.2) is 0 Å². The first-order chi connectivity index (χ1) is 10.0. The Hall–Kier alpha value is -2.86. The van der Waals surface area contributed by atoms with Gasteiger partial charge in [-0.2, -0.15) is 5.26 Å². The van der Waals surface area contributed by atoms with Gasteiger partial charge in [0.25, 0.3) is 0 Å². The Morgan fingerprint density at radius 3 is 2.10 bits per heavy atom. The van der Waals surface area contributed by atoms with E-state index in [0.717, 1.165) is 0 Å². The second kappa shape index (κ2) is 15.2. The summed E-state index contributed by atoms with van der Waals surface area (Å²) in [6.45, 7) is 15.4. The van der Waals surface area contributed by atoms with Gasteiger partial charge in [-0.25, -0.2) is 4.79 Å². The molecule has 0 unspecified atom stereocenters. The van der Waals surface area contributed by atoms with Crippen LogP contribution in [0.4, 0.5) is 0 Å². The second-order valence-corrected chi connectivity index (χ2v) is 3.62. The molecule has 110 valence electrons. The molecule has 0 aliphatic carbocycles. The molecule has 0 bridgehead atoms. The molecule has 0 amide bonds. The molecule has 0 aliphatic rings. The van der Waals surface area contributed by atoms with Crippen molar-refractivity contribution in [3.63, 3.8) is 0 Å². The fraction of sp³-hybridized carbons (Fsp3) is 0.111. The van der Waals surface area contributed by atoms with Crippen molar-refractivity contribution in [3.8, 4) is 6.07 Å². The van der Waals surface area contributed by atoms with E-state index in [2.05, 4.69) is 31.1 Å². The molecule has 1 aromatic rings. The van der Waals surface area contributed by atoms with Gasteiger partial charge in [-0.05, 0) is 12.5 Å². The lowest BCUT2D eigenvalue weighted by Crippen LogP contribution is -2.03. The van der Waals surface area contributed by atoms with Gasteiger partial charge in [0, 0.05) is 11.6 Å². The third kappa shape index (κ3) is 15.1. The summed E-state index contributed by atoms with van der Waals surface area (Å²) in [7, 11) is 0. The maximum atomic E-state index is 10.5. The number of nitrogens with zero attached hydrogens (tertiary/aromatic N) is 1. The first-order valence-electron chi connectivity index (χ1n) is 6.15. The third-order valence-corrected chi connectivity index (χ3v) is 1.81. The Labute approximate surface area is 127 Å². The van der Waals surface area contributed by atoms with E-state index in [9.17, 15) is 4.79 Å². The molecule has 0 heterocycles. The number of rotatable bonds is 4. The summed E-state index contributed by atoms with van der Waals surface area (Å²) in [6.07, 6.45) is 4.53. The summed E-state index contributed by atoms with van der Waals surface area (Å²) in [6, 6.07) is 11.7. The predicted octanol–water partition coefficient (Wildman–Crippen LogP) is 4.32. The zero-order chi connectivity index (χ0) is 16.5. The topological polar surface area (TPSA) is 50.1 Å². The van der Waals surface area contributed by atoms with Crippen LogP contribution in [0, 0.1) is 11.3 Å². The Balaban J connectivity index is 0. The second-order valence-electron chi connectivity index (χ2n) is 3.62. The number of hydrogen-bond acceptors (Lipinski definition) is 3. The van der Waals surface area contributed by atoms with Crippen molar-refractivity contribution in [2.24, 2.45) is 0 Å². The van der Waals surface area contributed by atoms with Crippen LogP contribution in [-0.2, 0) is 9.53 Å². The Kier molecular flexibility index (Phi) is 14.8. The Bertz CT molecular complexity index is 496. The predicted molar refractivity (Wildman–Crippen MR) is 88.3 cm³/mol. The number of nitriles is 1. The molecule has 3 nitrogen and oxygen atoms in total. The van der Waals surface area contributed by atoms with Crippen molar-refractivity contribution < 1.29 is 9.53 Å². The van der Waals surface area contributed by atoms with Crippen LogP contribution in [0.5, 0.6) is 0 Å². The molecule has 1 rings (SSSR count). The lowest BCUT2D eigenvalue weighted by atomic mass is 10.2. The quantitative estimate of drug-likeness (QED) is 0.358. The van der Waals surface area contributed by atoms with Gasteiger partial charge in [0.05, 0.1) is 6.07 Å². The van der Waals surface area contributed by atoms with Crippen molar-refractivity contribution in [1.82, 2.24) is 0 Å². The van der Waals surface area contributed by atoms with Crippen LogP contribution in [0.15, 0.2) is 74.4 Å². The lowest BCUT2D eigenvalue weighted by molar-refractivity contribution is -0.137. The van der Waals surface area contributed by atoms with Crippen LogP contribution >= 0.6 is 0 Å². The van der Waals surface area contributed by atoms with Crippen LogP contribution in [0.25, 0.3) is 6.08 Å². The van der Waals surface area contributed by atoms with Crippen molar-refractivity contribution in [1.29, 1.82) is 5.26 Å². The monoisotopic (exact) mass is 283 g/mol. The molecule has 0 aliphatic heterocycles. The van der Waals surface area contributed by atoms with Crippen LogP contribution in [0.2, 0.25) is 0 Å². The summed E-state index contributed by atoms with van der Waals surface area (Å²) in [4.78, 5) is 10.5. The van der Waals surface area contributed by atoms with Crippen molar-refractivity contribution in [2.75, 3.05) is 6.61 Å². The minimum absolute atomic E-state index is 0.256. The van der Waals surface area contributed by atoms with Crippen LogP contribution < -0.4 is 0 Å². The van der Waals surface area contributed by atoms with Crippen molar-refractivity contribution >= 4 is 12.0 Å². The van der Waals surface area contributed by atoms with Crippen LogP contribution in [0.1, 0.15) is 12.5 Å². The largest absolute Gasteiger partial charge is 0.458 e. The maximum Gasteiger partial charge on any atom is 0.333 e. The average Bonchev–Trinajstić information content (AvgIpc) is 2.54. The molecule has 0 radical (unpaired) electrons. The van der Waals surface area contributed by atoms with E-state index in [4.69, 9.17) is 5.26 Å². The highest BCUT2D eigenvalue weighted by Gasteiger charge is 1.98. The van der Waals surface area contributed by atoms with Gasteiger partial charge in [-0.1, -0.05) is 68.8 Å². The van der Waals surface area contributed by atoms with E-state index in [1.54, 1.807) is 13.0 Å². The van der Waals surface area contributed by atoms with Crippen LogP contribution in [0.3, 0.4) is 0 Å². The molecule has 0 saturated heterocycles. The summed E-state index contributed by atoms with van der Waals surface area (Å²) >= 11 is 0. The number of carbonyl (C=O) groups is 1. The first kappa shape index (κ1) is 20.5. The van der Waals surface area contributed by atoms with Crippen molar-refractivity contribution in [2.45, 2.75) is 6.92 Å². The normalized spacial score (nSPS) is 7.43. The molecule has 0 atom stereocenters. The van der Waals surface area contributed by atoms with E-state index in [1.165, 1.54) is 17.7 Å².